The highest BCUT2D eigenvalue weighted by molar-refractivity contribution is 7.10. The maximum absolute atomic E-state index is 13.0. The molecule has 0 atom stereocenters. The van der Waals surface area contributed by atoms with Crippen molar-refractivity contribution in [2.75, 3.05) is 5.32 Å². The Kier molecular flexibility index (Phi) is 4.68. The highest BCUT2D eigenvalue weighted by Gasteiger charge is 2.14. The van der Waals surface area contributed by atoms with E-state index in [-0.39, 0.29) is 18.1 Å². The molecule has 27 heavy (non-hydrogen) atoms. The molecule has 4 aromatic rings. The van der Waals surface area contributed by atoms with E-state index in [1.54, 1.807) is 12.1 Å². The molecular weight excluding hydrogens is 363 g/mol. The number of para-hydroxylation sites is 1. The zero-order valence-electron chi connectivity index (χ0n) is 14.6. The van der Waals surface area contributed by atoms with Gasteiger partial charge in [0.25, 0.3) is 0 Å². The summed E-state index contributed by atoms with van der Waals surface area (Å²) in [6, 6.07) is 14.0. The number of nitrogens with one attached hydrogen (secondary N) is 1. The normalized spacial score (nSPS) is 11.0. The highest BCUT2D eigenvalue weighted by atomic mass is 32.1. The van der Waals surface area contributed by atoms with Gasteiger partial charge in [0, 0.05) is 40.7 Å². The lowest BCUT2D eigenvalue weighted by Crippen LogP contribution is -2.14. The van der Waals surface area contributed by atoms with E-state index >= 15 is 0 Å². The van der Waals surface area contributed by atoms with Gasteiger partial charge in [-0.15, -0.1) is 0 Å². The lowest BCUT2D eigenvalue weighted by Gasteiger charge is -2.00. The molecule has 0 aliphatic carbocycles. The van der Waals surface area contributed by atoms with Gasteiger partial charge in [0.2, 0.25) is 11.0 Å². The van der Waals surface area contributed by atoms with Gasteiger partial charge in [0.05, 0.1) is 6.42 Å². The summed E-state index contributed by atoms with van der Waals surface area (Å²) in [6.07, 6.45) is 2.28. The highest BCUT2D eigenvalue weighted by Crippen LogP contribution is 2.24. The number of anilines is 1. The number of nitrogens with zero attached hydrogens (tertiary/aromatic N) is 3. The van der Waals surface area contributed by atoms with Crippen molar-refractivity contribution in [1.82, 2.24) is 13.9 Å². The van der Waals surface area contributed by atoms with E-state index in [0.29, 0.717) is 16.5 Å². The average molecular weight is 380 g/mol. The van der Waals surface area contributed by atoms with Crippen molar-refractivity contribution in [3.8, 4) is 11.4 Å². The van der Waals surface area contributed by atoms with Gasteiger partial charge in [-0.25, -0.2) is 4.39 Å². The number of carbonyl (C=O) groups excluding carboxylic acids is 1. The standard InChI is InChI=1S/C20H17FN4OS/c1-2-25-12-14(16-5-3-4-6-17(16)25)11-18(26)22-20-23-19(24-27-20)13-7-9-15(21)10-8-13/h3-10,12H,2,11H2,1H3,(H,22,23,24,26). The number of hydrogen-bond donors (Lipinski definition) is 1. The van der Waals surface area contributed by atoms with Gasteiger partial charge in [0.15, 0.2) is 5.82 Å². The molecule has 0 bridgehead atoms. The zero-order valence-corrected chi connectivity index (χ0v) is 15.5. The van der Waals surface area contributed by atoms with Crippen LogP contribution >= 0.6 is 11.5 Å². The van der Waals surface area contributed by atoms with Crippen LogP contribution in [-0.4, -0.2) is 19.8 Å². The maximum Gasteiger partial charge on any atom is 0.230 e. The van der Waals surface area contributed by atoms with Gasteiger partial charge in [-0.2, -0.15) is 9.36 Å². The lowest BCUT2D eigenvalue weighted by molar-refractivity contribution is -0.115. The van der Waals surface area contributed by atoms with E-state index in [1.807, 2.05) is 24.4 Å². The number of amides is 1. The molecule has 2 heterocycles. The largest absolute Gasteiger partial charge is 0.347 e. The van der Waals surface area contributed by atoms with Gasteiger partial charge in [-0.1, -0.05) is 18.2 Å². The fourth-order valence-electron chi connectivity index (χ4n) is 3.05. The van der Waals surface area contributed by atoms with Crippen molar-refractivity contribution < 1.29 is 9.18 Å². The number of fused-ring (bicyclic) bond motifs is 1. The second kappa shape index (κ2) is 7.28. The summed E-state index contributed by atoms with van der Waals surface area (Å²) in [6.45, 7) is 2.92. The van der Waals surface area contributed by atoms with Gasteiger partial charge in [-0.3, -0.25) is 4.79 Å². The van der Waals surface area contributed by atoms with Crippen LogP contribution in [0.25, 0.3) is 22.3 Å². The number of aromatic nitrogens is 3. The van der Waals surface area contributed by atoms with Crippen LogP contribution in [-0.2, 0) is 17.8 Å². The number of rotatable bonds is 5. The monoisotopic (exact) mass is 380 g/mol. The van der Waals surface area contributed by atoms with E-state index in [4.69, 9.17) is 0 Å². The summed E-state index contributed by atoms with van der Waals surface area (Å²) in [5.41, 5.74) is 2.81. The molecule has 136 valence electrons. The minimum Gasteiger partial charge on any atom is -0.347 e. The molecule has 0 spiro atoms. The van der Waals surface area contributed by atoms with Crippen LogP contribution in [0.1, 0.15) is 12.5 Å². The van der Waals surface area contributed by atoms with Crippen LogP contribution in [0.15, 0.2) is 54.7 Å². The molecule has 0 aliphatic heterocycles. The maximum atomic E-state index is 13.0. The van der Waals surface area contributed by atoms with Crippen LogP contribution in [0.4, 0.5) is 9.52 Å². The Labute approximate surface area is 159 Å². The summed E-state index contributed by atoms with van der Waals surface area (Å²) in [5.74, 6) is 0.0162. The summed E-state index contributed by atoms with van der Waals surface area (Å²) in [7, 11) is 0. The molecule has 0 saturated heterocycles. The van der Waals surface area contributed by atoms with Gasteiger partial charge in [0.1, 0.15) is 5.82 Å². The molecule has 0 unspecified atom stereocenters. The summed E-state index contributed by atoms with van der Waals surface area (Å²) in [4.78, 5) is 16.8. The van der Waals surface area contributed by atoms with Crippen LogP contribution in [0, 0.1) is 5.82 Å². The Morgan fingerprint density at radius 1 is 1.19 bits per heavy atom. The minimum absolute atomic E-state index is 0.143. The Morgan fingerprint density at radius 2 is 1.96 bits per heavy atom. The van der Waals surface area contributed by atoms with Crippen LogP contribution in [0.2, 0.25) is 0 Å². The van der Waals surface area contributed by atoms with Crippen molar-refractivity contribution in [3.63, 3.8) is 0 Å². The molecule has 0 saturated carbocycles. The second-order valence-corrected chi connectivity index (χ2v) is 6.86. The quantitative estimate of drug-likeness (QED) is 0.555. The molecule has 2 aromatic heterocycles. The van der Waals surface area contributed by atoms with Crippen molar-refractivity contribution in [2.45, 2.75) is 19.9 Å². The van der Waals surface area contributed by atoms with Crippen LogP contribution < -0.4 is 5.32 Å². The molecule has 7 heteroatoms. The van der Waals surface area contributed by atoms with E-state index in [1.165, 1.54) is 12.1 Å². The first-order valence-electron chi connectivity index (χ1n) is 8.60. The van der Waals surface area contributed by atoms with Gasteiger partial charge in [-0.05, 0) is 42.8 Å². The lowest BCUT2D eigenvalue weighted by atomic mass is 10.1. The number of aryl methyl sites for hydroxylation is 1. The van der Waals surface area contributed by atoms with Crippen molar-refractivity contribution in [3.05, 3.63) is 66.1 Å². The molecule has 1 N–H and O–H groups in total. The fourth-order valence-corrected chi connectivity index (χ4v) is 3.66. The van der Waals surface area contributed by atoms with Gasteiger partial charge < -0.3 is 9.88 Å². The van der Waals surface area contributed by atoms with E-state index in [0.717, 1.165) is 34.5 Å². The molecular formula is C20H17FN4OS. The first-order chi connectivity index (χ1) is 13.1. The third-order valence-electron chi connectivity index (χ3n) is 4.34. The predicted octanol–water partition coefficient (Wildman–Crippen LogP) is 4.50. The van der Waals surface area contributed by atoms with E-state index < -0.39 is 0 Å². The third kappa shape index (κ3) is 3.59. The number of hydrogen-bond acceptors (Lipinski definition) is 4. The number of benzene rings is 2. The van der Waals surface area contributed by atoms with E-state index in [2.05, 4.69) is 32.2 Å². The average Bonchev–Trinajstić information content (AvgIpc) is 3.27. The molecule has 1 amide bonds. The van der Waals surface area contributed by atoms with Gasteiger partial charge >= 0.3 is 0 Å². The van der Waals surface area contributed by atoms with Crippen LogP contribution in [0.3, 0.4) is 0 Å². The Hall–Kier alpha value is -3.06. The second-order valence-electron chi connectivity index (χ2n) is 6.11. The fraction of sp³-hybridized carbons (Fsp3) is 0.150. The SMILES string of the molecule is CCn1cc(CC(=O)Nc2nc(-c3ccc(F)cc3)ns2)c2ccccc21. The first-order valence-corrected chi connectivity index (χ1v) is 9.37. The Morgan fingerprint density at radius 3 is 2.74 bits per heavy atom. The molecule has 0 radical (unpaired) electrons. The predicted molar refractivity (Wildman–Crippen MR) is 105 cm³/mol. The molecule has 0 aliphatic rings. The topological polar surface area (TPSA) is 59.8 Å². The summed E-state index contributed by atoms with van der Waals surface area (Å²) in [5, 5.41) is 4.32. The minimum atomic E-state index is -0.311. The molecule has 4 rings (SSSR count). The zero-order chi connectivity index (χ0) is 18.8. The molecule has 5 nitrogen and oxygen atoms in total. The van der Waals surface area contributed by atoms with Crippen LogP contribution in [0.5, 0.6) is 0 Å². The molecule has 2 aromatic carbocycles. The number of halogens is 1. The summed E-state index contributed by atoms with van der Waals surface area (Å²) < 4.78 is 19.4. The number of carbonyl (C=O) groups is 1. The smallest absolute Gasteiger partial charge is 0.230 e. The Balaban J connectivity index is 1.50. The van der Waals surface area contributed by atoms with Crippen molar-refractivity contribution in [1.29, 1.82) is 0 Å². The van der Waals surface area contributed by atoms with Crippen molar-refractivity contribution >= 4 is 33.5 Å². The van der Waals surface area contributed by atoms with Crippen molar-refractivity contribution in [2.24, 2.45) is 0 Å². The Bertz CT molecular complexity index is 1100. The molecule has 0 fully saturated rings. The third-order valence-corrected chi connectivity index (χ3v) is 4.97. The first kappa shape index (κ1) is 17.4. The van der Waals surface area contributed by atoms with E-state index in [9.17, 15) is 9.18 Å². The summed E-state index contributed by atoms with van der Waals surface area (Å²) >= 11 is 1.11.